The van der Waals surface area contributed by atoms with Crippen LogP contribution in [0.2, 0.25) is 0 Å². The third kappa shape index (κ3) is 4.82. The zero-order chi connectivity index (χ0) is 18.7. The summed E-state index contributed by atoms with van der Waals surface area (Å²) in [6, 6.07) is 7.97. The fraction of sp³-hybridized carbons (Fsp3) is 0.500. The molecule has 1 aromatic carbocycles. The van der Waals surface area contributed by atoms with Gasteiger partial charge in [-0.15, -0.1) is 12.4 Å². The Bertz CT molecular complexity index is 783. The molecule has 6 nitrogen and oxygen atoms in total. The minimum Gasteiger partial charge on any atom is -0.491 e. The molecule has 7 heteroatoms. The monoisotopic (exact) mass is 392 g/mol. The van der Waals surface area contributed by atoms with Crippen LogP contribution in [0.15, 0.2) is 30.5 Å². The Hall–Kier alpha value is -2.05. The van der Waals surface area contributed by atoms with Gasteiger partial charge in [-0.05, 0) is 17.0 Å². The number of aromatic nitrogens is 2. The van der Waals surface area contributed by atoms with Crippen LogP contribution in [0.25, 0.3) is 0 Å². The Morgan fingerprint density at radius 1 is 1.33 bits per heavy atom. The third-order valence-electron chi connectivity index (χ3n) is 4.70. The second kappa shape index (κ2) is 8.76. The highest BCUT2D eigenvalue weighted by atomic mass is 35.5. The van der Waals surface area contributed by atoms with Crippen molar-refractivity contribution < 1.29 is 9.53 Å². The molecule has 0 bridgehead atoms. The molecule has 1 aliphatic heterocycles. The molecule has 0 saturated carbocycles. The van der Waals surface area contributed by atoms with Gasteiger partial charge in [-0.3, -0.25) is 0 Å². The predicted molar refractivity (Wildman–Crippen MR) is 109 cm³/mol. The number of benzene rings is 1. The normalized spacial score (nSPS) is 13.5. The van der Waals surface area contributed by atoms with Gasteiger partial charge in [-0.2, -0.15) is 9.78 Å². The van der Waals surface area contributed by atoms with Crippen LogP contribution in [0.5, 0.6) is 5.75 Å². The van der Waals surface area contributed by atoms with Gasteiger partial charge in [0, 0.05) is 32.1 Å². The van der Waals surface area contributed by atoms with Crippen LogP contribution in [0, 0.1) is 0 Å². The van der Waals surface area contributed by atoms with Crippen LogP contribution in [-0.2, 0) is 18.4 Å². The maximum Gasteiger partial charge on any atom is 0.344 e. The summed E-state index contributed by atoms with van der Waals surface area (Å²) >= 11 is 0. The standard InChI is InChI=1S/C20H28N4O2.ClH/c1-20(2,3)16-7-5-6-8-18(16)26-12-11-23(4)19(25)24-17-9-10-21-13-15(17)14-22-24;/h5-8,14,21H,9-13H2,1-4H3;1H. The number of hydrogen-bond acceptors (Lipinski definition) is 4. The number of fused-ring (bicyclic) bond motifs is 1. The highest BCUT2D eigenvalue weighted by molar-refractivity contribution is 5.85. The van der Waals surface area contributed by atoms with Crippen LogP contribution < -0.4 is 10.1 Å². The maximum atomic E-state index is 12.7. The van der Waals surface area contributed by atoms with Gasteiger partial charge in [-0.25, -0.2) is 4.79 Å². The van der Waals surface area contributed by atoms with E-state index < -0.39 is 0 Å². The lowest BCUT2D eigenvalue weighted by Crippen LogP contribution is -2.37. The predicted octanol–water partition coefficient (Wildman–Crippen LogP) is 3.23. The summed E-state index contributed by atoms with van der Waals surface area (Å²) in [5, 5.41) is 7.57. The number of rotatable bonds is 4. The second-order valence-corrected chi connectivity index (χ2v) is 7.75. The lowest BCUT2D eigenvalue weighted by atomic mass is 9.86. The minimum absolute atomic E-state index is 0. The van der Waals surface area contributed by atoms with Gasteiger partial charge in [0.1, 0.15) is 12.4 Å². The fourth-order valence-corrected chi connectivity index (χ4v) is 3.18. The first-order valence-electron chi connectivity index (χ1n) is 9.12. The summed E-state index contributed by atoms with van der Waals surface area (Å²) in [5.74, 6) is 0.878. The number of amides is 1. The smallest absolute Gasteiger partial charge is 0.344 e. The van der Waals surface area contributed by atoms with Crippen LogP contribution in [0.1, 0.15) is 37.6 Å². The zero-order valence-corrected chi connectivity index (χ0v) is 17.3. The second-order valence-electron chi connectivity index (χ2n) is 7.75. The van der Waals surface area contributed by atoms with Crippen LogP contribution in [0.4, 0.5) is 4.79 Å². The van der Waals surface area contributed by atoms with Crippen molar-refractivity contribution in [3.05, 3.63) is 47.3 Å². The van der Waals surface area contributed by atoms with E-state index in [1.54, 1.807) is 18.1 Å². The SMILES string of the molecule is CN(CCOc1ccccc1C(C)(C)C)C(=O)n1ncc2c1CCNC2.Cl. The zero-order valence-electron chi connectivity index (χ0n) is 16.5. The molecule has 0 saturated heterocycles. The van der Waals surface area contributed by atoms with E-state index >= 15 is 0 Å². The van der Waals surface area contributed by atoms with E-state index in [4.69, 9.17) is 4.74 Å². The molecule has 1 aliphatic rings. The lowest BCUT2D eigenvalue weighted by Gasteiger charge is -2.24. The highest BCUT2D eigenvalue weighted by Gasteiger charge is 2.22. The van der Waals surface area contributed by atoms with Gasteiger partial charge in [-0.1, -0.05) is 39.0 Å². The number of para-hydroxylation sites is 1. The average molecular weight is 393 g/mol. The average Bonchev–Trinajstić information content (AvgIpc) is 3.04. The Balaban J connectivity index is 0.00000261. The summed E-state index contributed by atoms with van der Waals surface area (Å²) in [7, 11) is 1.79. The number of halogens is 1. The minimum atomic E-state index is -0.110. The van der Waals surface area contributed by atoms with E-state index in [0.29, 0.717) is 13.2 Å². The molecular formula is C20H29ClN4O2. The van der Waals surface area contributed by atoms with E-state index in [1.807, 2.05) is 18.2 Å². The van der Waals surface area contributed by atoms with Crippen molar-refractivity contribution in [1.29, 1.82) is 0 Å². The van der Waals surface area contributed by atoms with E-state index in [9.17, 15) is 4.79 Å². The third-order valence-corrected chi connectivity index (χ3v) is 4.70. The molecular weight excluding hydrogens is 364 g/mol. The largest absolute Gasteiger partial charge is 0.491 e. The molecule has 1 amide bonds. The summed E-state index contributed by atoms with van der Waals surface area (Å²) in [5.41, 5.74) is 3.30. The first kappa shape index (κ1) is 21.3. The molecule has 1 N–H and O–H groups in total. The molecule has 2 aromatic rings. The molecule has 2 heterocycles. The van der Waals surface area contributed by atoms with Crippen LogP contribution in [0.3, 0.4) is 0 Å². The van der Waals surface area contributed by atoms with E-state index in [0.717, 1.165) is 36.5 Å². The number of nitrogens with zero attached hydrogens (tertiary/aromatic N) is 3. The summed E-state index contributed by atoms with van der Waals surface area (Å²) in [6.45, 7) is 9.10. The fourth-order valence-electron chi connectivity index (χ4n) is 3.18. The summed E-state index contributed by atoms with van der Waals surface area (Å²) < 4.78 is 7.51. The summed E-state index contributed by atoms with van der Waals surface area (Å²) in [6.07, 6.45) is 2.60. The van der Waals surface area contributed by atoms with Gasteiger partial charge in [0.2, 0.25) is 0 Å². The van der Waals surface area contributed by atoms with Crippen LogP contribution in [-0.4, -0.2) is 47.5 Å². The van der Waals surface area contributed by atoms with Crippen molar-refractivity contribution in [1.82, 2.24) is 20.0 Å². The summed E-state index contributed by atoms with van der Waals surface area (Å²) in [4.78, 5) is 14.4. The first-order valence-corrected chi connectivity index (χ1v) is 9.12. The van der Waals surface area contributed by atoms with Crippen molar-refractivity contribution in [2.24, 2.45) is 0 Å². The number of ether oxygens (including phenoxy) is 1. The van der Waals surface area contributed by atoms with Crippen molar-refractivity contribution in [2.45, 2.75) is 39.2 Å². The van der Waals surface area contributed by atoms with E-state index in [2.05, 4.69) is 37.3 Å². The Labute approximate surface area is 167 Å². The number of carbonyl (C=O) groups excluding carboxylic acids is 1. The first-order chi connectivity index (χ1) is 12.4. The lowest BCUT2D eigenvalue weighted by molar-refractivity contribution is 0.192. The molecule has 1 aromatic heterocycles. The van der Waals surface area contributed by atoms with Gasteiger partial charge in [0.15, 0.2) is 0 Å². The molecule has 0 atom stereocenters. The maximum absolute atomic E-state index is 12.7. The topological polar surface area (TPSA) is 59.4 Å². The quantitative estimate of drug-likeness (QED) is 0.867. The molecule has 3 rings (SSSR count). The molecule has 0 unspecified atom stereocenters. The van der Waals surface area contributed by atoms with Gasteiger partial charge in [0.05, 0.1) is 18.4 Å². The Morgan fingerprint density at radius 2 is 2.07 bits per heavy atom. The van der Waals surface area contributed by atoms with E-state index in [-0.39, 0.29) is 23.9 Å². The molecule has 148 valence electrons. The van der Waals surface area contributed by atoms with Gasteiger partial charge >= 0.3 is 6.03 Å². The number of carbonyl (C=O) groups is 1. The Kier molecular flexibility index (Phi) is 6.89. The highest BCUT2D eigenvalue weighted by Crippen LogP contribution is 2.30. The van der Waals surface area contributed by atoms with Crippen molar-refractivity contribution >= 4 is 18.4 Å². The number of likely N-dealkylation sites (N-methyl/N-ethyl adjacent to an activating group) is 1. The number of nitrogens with one attached hydrogen (secondary N) is 1. The van der Waals surface area contributed by atoms with Crippen LogP contribution >= 0.6 is 12.4 Å². The van der Waals surface area contributed by atoms with Crippen molar-refractivity contribution in [3.63, 3.8) is 0 Å². The van der Waals surface area contributed by atoms with Gasteiger partial charge in [0.25, 0.3) is 0 Å². The van der Waals surface area contributed by atoms with Crippen molar-refractivity contribution in [2.75, 3.05) is 26.7 Å². The van der Waals surface area contributed by atoms with E-state index in [1.165, 1.54) is 10.2 Å². The molecule has 0 aliphatic carbocycles. The van der Waals surface area contributed by atoms with Gasteiger partial charge < -0.3 is 15.0 Å². The molecule has 0 spiro atoms. The number of hydrogen-bond donors (Lipinski definition) is 1. The van der Waals surface area contributed by atoms with Crippen molar-refractivity contribution in [3.8, 4) is 5.75 Å². The molecule has 0 radical (unpaired) electrons. The Morgan fingerprint density at radius 3 is 2.81 bits per heavy atom. The molecule has 0 fully saturated rings. The molecule has 27 heavy (non-hydrogen) atoms.